The Morgan fingerprint density at radius 1 is 1.88 bits per heavy atom. The lowest BCUT2D eigenvalue weighted by Crippen LogP contribution is -1.98. The summed E-state index contributed by atoms with van der Waals surface area (Å²) < 4.78 is 0. The quantitative estimate of drug-likeness (QED) is 0.350. The Morgan fingerprint density at radius 2 is 2.62 bits per heavy atom. The Balaban J connectivity index is 2.58. The minimum atomic E-state index is -0.0151. The molecule has 0 radical (unpaired) electrons. The summed E-state index contributed by atoms with van der Waals surface area (Å²) >= 11 is 5.64. The Hall–Kier alpha value is -0.300. The maximum atomic E-state index is 5.64. The first-order valence-electron chi connectivity index (χ1n) is 2.63. The van der Waals surface area contributed by atoms with Crippen molar-refractivity contribution >= 4 is 17.8 Å². The molecule has 1 unspecified atom stereocenters. The molecule has 1 atom stereocenters. The van der Waals surface area contributed by atoms with E-state index >= 15 is 0 Å². The van der Waals surface area contributed by atoms with Crippen molar-refractivity contribution in [3.63, 3.8) is 0 Å². The number of dihydropyridines is 1. The van der Waals surface area contributed by atoms with Crippen molar-refractivity contribution in [1.82, 2.24) is 0 Å². The summed E-state index contributed by atoms with van der Waals surface area (Å²) in [7, 11) is 0. The van der Waals surface area contributed by atoms with E-state index in [2.05, 4.69) is 11.1 Å². The largest absolute Gasteiger partial charge is 0.273 e. The van der Waals surface area contributed by atoms with E-state index in [1.54, 1.807) is 6.21 Å². The van der Waals surface area contributed by atoms with E-state index in [1.165, 1.54) is 5.57 Å². The van der Waals surface area contributed by atoms with Crippen molar-refractivity contribution < 1.29 is 0 Å². The molecule has 0 N–H and O–H groups in total. The lowest BCUT2D eigenvalue weighted by atomic mass is 10.2. The summed E-state index contributed by atoms with van der Waals surface area (Å²) in [5, 5.41) is 0. The van der Waals surface area contributed by atoms with Gasteiger partial charge in [0.1, 0.15) is 5.50 Å². The third-order valence-corrected chi connectivity index (χ3v) is 1.37. The van der Waals surface area contributed by atoms with Gasteiger partial charge in [0.2, 0.25) is 0 Å². The summed E-state index contributed by atoms with van der Waals surface area (Å²) in [6.45, 7) is 2.02. The summed E-state index contributed by atoms with van der Waals surface area (Å²) in [4.78, 5) is 3.98. The molecule has 0 bridgehead atoms. The third kappa shape index (κ3) is 1.34. The molecule has 1 rings (SSSR count). The molecule has 0 aromatic heterocycles. The summed E-state index contributed by atoms with van der Waals surface area (Å²) in [6.07, 6.45) is 4.77. The van der Waals surface area contributed by atoms with Crippen LogP contribution in [0.1, 0.15) is 13.3 Å². The van der Waals surface area contributed by atoms with Crippen LogP contribution >= 0.6 is 11.6 Å². The molecule has 0 aromatic carbocycles. The van der Waals surface area contributed by atoms with Crippen molar-refractivity contribution in [2.75, 3.05) is 0 Å². The Morgan fingerprint density at radius 3 is 3.00 bits per heavy atom. The normalized spacial score (nSPS) is 27.8. The molecule has 2 heteroatoms. The number of allylic oxidation sites excluding steroid dienone is 1. The highest BCUT2D eigenvalue weighted by Crippen LogP contribution is 2.10. The van der Waals surface area contributed by atoms with Gasteiger partial charge in [0.15, 0.2) is 0 Å². The van der Waals surface area contributed by atoms with Gasteiger partial charge >= 0.3 is 0 Å². The highest BCUT2D eigenvalue weighted by molar-refractivity contribution is 6.21. The maximum absolute atomic E-state index is 5.64. The first kappa shape index (κ1) is 5.83. The summed E-state index contributed by atoms with van der Waals surface area (Å²) in [5.41, 5.74) is 1.19. The minimum absolute atomic E-state index is 0.0151. The number of hydrogen-bond acceptors (Lipinski definition) is 1. The average molecular weight is 130 g/mol. The average Bonchev–Trinajstić information content (AvgIpc) is 1.77. The second-order valence-corrected chi connectivity index (χ2v) is 2.40. The molecule has 0 amide bonds. The number of rotatable bonds is 0. The molecule has 1 heterocycles. The standard InChI is InChI=1S/C6H8ClN/c1-5-2-3-6(7)8-4-5/h2,4,6H,3H2,1H3. The van der Waals surface area contributed by atoms with Crippen LogP contribution in [0.25, 0.3) is 0 Å². The van der Waals surface area contributed by atoms with Crippen molar-refractivity contribution in [2.45, 2.75) is 18.8 Å². The van der Waals surface area contributed by atoms with Crippen LogP contribution in [0.3, 0.4) is 0 Å². The van der Waals surface area contributed by atoms with Gasteiger partial charge in [-0.2, -0.15) is 0 Å². The van der Waals surface area contributed by atoms with Gasteiger partial charge in [0.05, 0.1) is 0 Å². The number of alkyl halides is 1. The first-order chi connectivity index (χ1) is 3.79. The third-order valence-electron chi connectivity index (χ3n) is 1.07. The van der Waals surface area contributed by atoms with E-state index < -0.39 is 0 Å². The van der Waals surface area contributed by atoms with Crippen LogP contribution in [0.4, 0.5) is 0 Å². The van der Waals surface area contributed by atoms with Crippen LogP contribution in [-0.2, 0) is 0 Å². The molecule has 0 saturated heterocycles. The molecule has 0 fully saturated rings. The molecule has 0 aromatic rings. The minimum Gasteiger partial charge on any atom is -0.273 e. The molecule has 8 heavy (non-hydrogen) atoms. The molecule has 0 aliphatic carbocycles. The van der Waals surface area contributed by atoms with E-state index in [0.717, 1.165) is 6.42 Å². The maximum Gasteiger partial charge on any atom is 0.127 e. The molecular weight excluding hydrogens is 122 g/mol. The topological polar surface area (TPSA) is 12.4 Å². The fraction of sp³-hybridized carbons (Fsp3) is 0.500. The Labute approximate surface area is 54.1 Å². The summed E-state index contributed by atoms with van der Waals surface area (Å²) in [5.74, 6) is 0. The lowest BCUT2D eigenvalue weighted by Gasteiger charge is -2.04. The molecule has 44 valence electrons. The number of aliphatic imine (C=N–C) groups is 1. The van der Waals surface area contributed by atoms with Crippen LogP contribution in [0.5, 0.6) is 0 Å². The second kappa shape index (κ2) is 2.31. The first-order valence-corrected chi connectivity index (χ1v) is 3.06. The Kier molecular flexibility index (Phi) is 1.69. The predicted molar refractivity (Wildman–Crippen MR) is 36.5 cm³/mol. The smallest absolute Gasteiger partial charge is 0.127 e. The fourth-order valence-corrected chi connectivity index (χ4v) is 0.741. The fourth-order valence-electron chi connectivity index (χ4n) is 0.595. The number of nitrogens with zero attached hydrogens (tertiary/aromatic N) is 1. The van der Waals surface area contributed by atoms with Crippen molar-refractivity contribution in [3.8, 4) is 0 Å². The molecular formula is C6H8ClN. The number of halogens is 1. The Bertz CT molecular complexity index is 137. The molecule has 0 saturated carbocycles. The monoisotopic (exact) mass is 129 g/mol. The van der Waals surface area contributed by atoms with Crippen LogP contribution in [0.15, 0.2) is 16.6 Å². The van der Waals surface area contributed by atoms with E-state index in [-0.39, 0.29) is 5.50 Å². The molecule has 1 aliphatic rings. The van der Waals surface area contributed by atoms with Gasteiger partial charge in [0.25, 0.3) is 0 Å². The lowest BCUT2D eigenvalue weighted by molar-refractivity contribution is 0.908. The zero-order valence-corrected chi connectivity index (χ0v) is 5.52. The molecule has 1 nitrogen and oxygen atoms in total. The second-order valence-electron chi connectivity index (χ2n) is 1.90. The van der Waals surface area contributed by atoms with Gasteiger partial charge in [-0.25, -0.2) is 0 Å². The van der Waals surface area contributed by atoms with Gasteiger partial charge in [-0.1, -0.05) is 17.7 Å². The van der Waals surface area contributed by atoms with E-state index in [9.17, 15) is 0 Å². The van der Waals surface area contributed by atoms with Gasteiger partial charge < -0.3 is 0 Å². The van der Waals surface area contributed by atoms with Crippen LogP contribution in [-0.4, -0.2) is 11.7 Å². The zero-order chi connectivity index (χ0) is 5.98. The van der Waals surface area contributed by atoms with Crippen LogP contribution in [0.2, 0.25) is 0 Å². The highest BCUT2D eigenvalue weighted by Gasteiger charge is 2.01. The van der Waals surface area contributed by atoms with Gasteiger partial charge in [-0.15, -0.1) is 0 Å². The highest BCUT2D eigenvalue weighted by atomic mass is 35.5. The van der Waals surface area contributed by atoms with E-state index in [4.69, 9.17) is 11.6 Å². The molecule has 1 aliphatic heterocycles. The van der Waals surface area contributed by atoms with Crippen molar-refractivity contribution in [3.05, 3.63) is 11.6 Å². The van der Waals surface area contributed by atoms with Gasteiger partial charge in [-0.05, 0) is 12.5 Å². The predicted octanol–water partition coefficient (Wildman–Crippen LogP) is 1.97. The van der Waals surface area contributed by atoms with E-state index in [0.29, 0.717) is 0 Å². The van der Waals surface area contributed by atoms with Crippen LogP contribution in [0, 0.1) is 0 Å². The van der Waals surface area contributed by atoms with E-state index in [1.807, 2.05) is 6.92 Å². The zero-order valence-electron chi connectivity index (χ0n) is 4.76. The van der Waals surface area contributed by atoms with Gasteiger partial charge in [-0.3, -0.25) is 4.99 Å². The van der Waals surface area contributed by atoms with Crippen LogP contribution < -0.4 is 0 Å². The summed E-state index contributed by atoms with van der Waals surface area (Å²) in [6, 6.07) is 0. The van der Waals surface area contributed by atoms with Gasteiger partial charge in [0, 0.05) is 12.6 Å². The SMILES string of the molecule is CC1=CCC(Cl)N=C1. The van der Waals surface area contributed by atoms with Crippen molar-refractivity contribution in [1.29, 1.82) is 0 Å². The van der Waals surface area contributed by atoms with Crippen molar-refractivity contribution in [2.24, 2.45) is 4.99 Å². The number of hydrogen-bond donors (Lipinski definition) is 0. The molecule has 0 spiro atoms.